The Morgan fingerprint density at radius 1 is 1.38 bits per heavy atom. The molecule has 110 valence electrons. The molecule has 0 aliphatic heterocycles. The molecule has 0 spiro atoms. The van der Waals surface area contributed by atoms with Crippen LogP contribution in [0.1, 0.15) is 16.8 Å². The van der Waals surface area contributed by atoms with Gasteiger partial charge in [0.2, 0.25) is 5.91 Å². The molecule has 1 aliphatic carbocycles. The molecule has 0 saturated carbocycles. The van der Waals surface area contributed by atoms with Gasteiger partial charge in [-0.05, 0) is 18.6 Å². The highest BCUT2D eigenvalue weighted by molar-refractivity contribution is 5.94. The number of nitro benzene ring substituents is 1. The molecule has 1 amide bonds. The fourth-order valence-corrected chi connectivity index (χ4v) is 2.15. The number of benzene rings is 1. The predicted octanol–water partition coefficient (Wildman–Crippen LogP) is 1.13. The SMILES string of the molecule is NC(=O)c1ccc([N+](=O)[O-])c(NC2C=CC(C(=O)O)C2)c1. The third kappa shape index (κ3) is 3.16. The quantitative estimate of drug-likeness (QED) is 0.422. The molecular weight excluding hydrogens is 278 g/mol. The minimum atomic E-state index is -0.948. The van der Waals surface area contributed by atoms with E-state index in [9.17, 15) is 19.7 Å². The summed E-state index contributed by atoms with van der Waals surface area (Å²) in [7, 11) is 0. The minimum absolute atomic E-state index is 0.136. The van der Waals surface area contributed by atoms with E-state index in [-0.39, 0.29) is 29.4 Å². The number of nitrogens with zero attached hydrogens (tertiary/aromatic N) is 1. The highest BCUT2D eigenvalue weighted by Crippen LogP contribution is 2.29. The van der Waals surface area contributed by atoms with Gasteiger partial charge in [-0.1, -0.05) is 12.2 Å². The van der Waals surface area contributed by atoms with E-state index in [1.165, 1.54) is 24.3 Å². The number of aliphatic carboxylic acids is 1. The molecule has 0 bridgehead atoms. The number of carboxylic acids is 1. The van der Waals surface area contributed by atoms with Gasteiger partial charge in [0.15, 0.2) is 0 Å². The Labute approximate surface area is 119 Å². The average Bonchev–Trinajstić information content (AvgIpc) is 2.87. The van der Waals surface area contributed by atoms with Gasteiger partial charge in [-0.15, -0.1) is 0 Å². The molecule has 1 aromatic rings. The van der Waals surface area contributed by atoms with Gasteiger partial charge in [-0.3, -0.25) is 19.7 Å². The lowest BCUT2D eigenvalue weighted by molar-refractivity contribution is -0.384. The van der Waals surface area contributed by atoms with Gasteiger partial charge in [-0.25, -0.2) is 0 Å². The van der Waals surface area contributed by atoms with Crippen molar-refractivity contribution in [2.45, 2.75) is 12.5 Å². The molecule has 21 heavy (non-hydrogen) atoms. The largest absolute Gasteiger partial charge is 0.481 e. The summed E-state index contributed by atoms with van der Waals surface area (Å²) in [6.07, 6.45) is 3.45. The van der Waals surface area contributed by atoms with Crippen molar-refractivity contribution in [1.82, 2.24) is 0 Å². The summed E-state index contributed by atoms with van der Waals surface area (Å²) < 4.78 is 0. The summed E-state index contributed by atoms with van der Waals surface area (Å²) in [5.74, 6) is -2.27. The van der Waals surface area contributed by atoms with Crippen LogP contribution in [0.25, 0.3) is 0 Å². The molecule has 8 nitrogen and oxygen atoms in total. The average molecular weight is 291 g/mol. The van der Waals surface area contributed by atoms with Gasteiger partial charge in [0, 0.05) is 17.7 Å². The van der Waals surface area contributed by atoms with Crippen molar-refractivity contribution in [3.8, 4) is 0 Å². The third-order valence-electron chi connectivity index (χ3n) is 3.22. The molecule has 1 aliphatic rings. The number of carbonyl (C=O) groups excluding carboxylic acids is 1. The second-order valence-electron chi connectivity index (χ2n) is 4.67. The van der Waals surface area contributed by atoms with Crippen LogP contribution in [0.4, 0.5) is 11.4 Å². The van der Waals surface area contributed by atoms with Crippen LogP contribution in [0.2, 0.25) is 0 Å². The first kappa shape index (κ1) is 14.5. The Bertz CT molecular complexity index is 641. The first-order valence-electron chi connectivity index (χ1n) is 6.14. The first-order chi connectivity index (χ1) is 9.88. The Kier molecular flexibility index (Phi) is 3.88. The zero-order chi connectivity index (χ0) is 15.6. The van der Waals surface area contributed by atoms with Crippen LogP contribution in [-0.2, 0) is 4.79 Å². The number of nitrogens with one attached hydrogen (secondary N) is 1. The van der Waals surface area contributed by atoms with E-state index in [1.807, 2.05) is 0 Å². The van der Waals surface area contributed by atoms with E-state index in [0.717, 1.165) is 0 Å². The number of primary amides is 1. The van der Waals surface area contributed by atoms with E-state index in [4.69, 9.17) is 10.8 Å². The molecule has 4 N–H and O–H groups in total. The molecule has 0 saturated heterocycles. The smallest absolute Gasteiger partial charge is 0.310 e. The van der Waals surface area contributed by atoms with E-state index >= 15 is 0 Å². The second kappa shape index (κ2) is 5.61. The molecule has 0 fully saturated rings. The van der Waals surface area contributed by atoms with Crippen LogP contribution >= 0.6 is 0 Å². The molecule has 2 unspecified atom stereocenters. The van der Waals surface area contributed by atoms with Crippen LogP contribution < -0.4 is 11.1 Å². The van der Waals surface area contributed by atoms with Gasteiger partial charge in [0.05, 0.1) is 10.8 Å². The number of rotatable bonds is 5. The van der Waals surface area contributed by atoms with E-state index in [2.05, 4.69) is 5.32 Å². The normalized spacial score (nSPS) is 20.2. The molecule has 0 heterocycles. The Morgan fingerprint density at radius 3 is 2.62 bits per heavy atom. The summed E-state index contributed by atoms with van der Waals surface area (Å²) in [6.45, 7) is 0. The van der Waals surface area contributed by atoms with Crippen molar-refractivity contribution < 1.29 is 19.6 Å². The van der Waals surface area contributed by atoms with Crippen molar-refractivity contribution in [2.75, 3.05) is 5.32 Å². The van der Waals surface area contributed by atoms with Crippen LogP contribution in [-0.4, -0.2) is 27.9 Å². The summed E-state index contributed by atoms with van der Waals surface area (Å²) in [5.41, 5.74) is 5.22. The van der Waals surface area contributed by atoms with Crippen LogP contribution in [0.3, 0.4) is 0 Å². The van der Waals surface area contributed by atoms with Gasteiger partial charge in [-0.2, -0.15) is 0 Å². The summed E-state index contributed by atoms with van der Waals surface area (Å²) in [4.78, 5) is 32.4. The third-order valence-corrected chi connectivity index (χ3v) is 3.22. The zero-order valence-electron chi connectivity index (χ0n) is 10.9. The Hall–Kier alpha value is -2.90. The number of carbonyl (C=O) groups is 2. The number of hydrogen-bond donors (Lipinski definition) is 3. The number of anilines is 1. The zero-order valence-corrected chi connectivity index (χ0v) is 10.9. The van der Waals surface area contributed by atoms with Gasteiger partial charge < -0.3 is 16.2 Å². The van der Waals surface area contributed by atoms with E-state index < -0.39 is 22.7 Å². The number of nitrogens with two attached hydrogens (primary N) is 1. The Morgan fingerprint density at radius 2 is 2.10 bits per heavy atom. The van der Waals surface area contributed by atoms with E-state index in [0.29, 0.717) is 0 Å². The fraction of sp³-hybridized carbons (Fsp3) is 0.231. The highest BCUT2D eigenvalue weighted by Gasteiger charge is 2.26. The van der Waals surface area contributed by atoms with Crippen LogP contribution in [0.15, 0.2) is 30.4 Å². The van der Waals surface area contributed by atoms with Gasteiger partial charge >= 0.3 is 5.97 Å². The maximum atomic E-state index is 11.1. The summed E-state index contributed by atoms with van der Waals surface area (Å²) >= 11 is 0. The van der Waals surface area contributed by atoms with Gasteiger partial charge in [0.1, 0.15) is 5.69 Å². The molecule has 2 atom stereocenters. The molecule has 2 rings (SSSR count). The monoisotopic (exact) mass is 291 g/mol. The summed E-state index contributed by atoms with van der Waals surface area (Å²) in [5, 5.41) is 22.8. The van der Waals surface area contributed by atoms with E-state index in [1.54, 1.807) is 6.08 Å². The topological polar surface area (TPSA) is 136 Å². The summed E-state index contributed by atoms with van der Waals surface area (Å²) in [6, 6.07) is 3.40. The second-order valence-corrected chi connectivity index (χ2v) is 4.67. The minimum Gasteiger partial charge on any atom is -0.481 e. The molecule has 0 radical (unpaired) electrons. The van der Waals surface area contributed by atoms with Crippen LogP contribution in [0.5, 0.6) is 0 Å². The number of hydrogen-bond acceptors (Lipinski definition) is 5. The molecule has 1 aromatic carbocycles. The molecule has 0 aromatic heterocycles. The lowest BCUT2D eigenvalue weighted by Crippen LogP contribution is -2.20. The number of carboxylic acid groups (broad SMARTS) is 1. The van der Waals surface area contributed by atoms with Crippen molar-refractivity contribution in [3.05, 3.63) is 46.0 Å². The number of amides is 1. The van der Waals surface area contributed by atoms with Gasteiger partial charge in [0.25, 0.3) is 5.69 Å². The standard InChI is InChI=1S/C13H13N3O5/c14-12(17)7-2-4-11(16(20)21)10(6-7)15-9-3-1-8(5-9)13(18)19/h1-4,6,8-9,15H,5H2,(H2,14,17)(H,18,19). The lowest BCUT2D eigenvalue weighted by Gasteiger charge is -2.14. The van der Waals surface area contributed by atoms with Crippen LogP contribution in [0, 0.1) is 16.0 Å². The molecular formula is C13H13N3O5. The lowest BCUT2D eigenvalue weighted by atomic mass is 10.1. The molecule has 8 heteroatoms. The van der Waals surface area contributed by atoms with Crippen molar-refractivity contribution in [1.29, 1.82) is 0 Å². The number of nitro groups is 1. The maximum Gasteiger partial charge on any atom is 0.310 e. The Balaban J connectivity index is 2.24. The highest BCUT2D eigenvalue weighted by atomic mass is 16.6. The first-order valence-corrected chi connectivity index (χ1v) is 6.14. The predicted molar refractivity (Wildman–Crippen MR) is 73.9 cm³/mol. The van der Waals surface area contributed by atoms with Crippen molar-refractivity contribution >= 4 is 23.3 Å². The fourth-order valence-electron chi connectivity index (χ4n) is 2.15. The van der Waals surface area contributed by atoms with Crippen molar-refractivity contribution in [3.63, 3.8) is 0 Å². The maximum absolute atomic E-state index is 11.1. The van der Waals surface area contributed by atoms with Crippen molar-refractivity contribution in [2.24, 2.45) is 11.7 Å².